The zero-order valence-corrected chi connectivity index (χ0v) is 64.7. The van der Waals surface area contributed by atoms with Crippen LogP contribution in [-0.4, -0.2) is 311 Å². The van der Waals surface area contributed by atoms with Crippen LogP contribution < -0.4 is 4.74 Å². The highest BCUT2D eigenvalue weighted by Crippen LogP contribution is 2.64. The van der Waals surface area contributed by atoms with Crippen molar-refractivity contribution >= 4 is 53.7 Å². The molecule has 2 fully saturated rings. The largest absolute Gasteiger partial charge is 0.504 e. The number of fused-ring (bicyclic) bond motifs is 16. The minimum Gasteiger partial charge on any atom is -0.504 e. The highest BCUT2D eigenvalue weighted by molar-refractivity contribution is 6.14. The van der Waals surface area contributed by atoms with E-state index in [4.69, 9.17) is 56.8 Å². The molecule has 132 heavy (non-hydrogen) atoms. The Morgan fingerprint density at radius 3 is 1.08 bits per heavy atom. The fourth-order valence-electron chi connectivity index (χ4n) is 16.1. The molecule has 2 bridgehead atoms. The smallest absolute Gasteiger partial charge is 0.342 e. The molecule has 31 N–H and O–H groups in total. The van der Waals surface area contributed by atoms with Crippen LogP contribution in [0, 0.1) is 0 Å². The van der Waals surface area contributed by atoms with Gasteiger partial charge >= 0.3 is 53.7 Å². The van der Waals surface area contributed by atoms with Crippen molar-refractivity contribution in [1.82, 2.24) is 0 Å². The quantitative estimate of drug-likeness (QED) is 0.0603. The summed E-state index contributed by atoms with van der Waals surface area (Å²) in [5.41, 5.74) is -25.8. The fraction of sp³-hybridized carbons (Fsp3) is 0.212. The van der Waals surface area contributed by atoms with E-state index in [2.05, 4.69) is 0 Å². The molecule has 0 aliphatic carbocycles. The first-order valence-electron chi connectivity index (χ1n) is 37.1. The maximum absolute atomic E-state index is 15.9. The number of carbonyl (C=O) groups is 9. The molecule has 0 spiro atoms. The molecule has 52 nitrogen and oxygen atoms in total. The van der Waals surface area contributed by atoms with Gasteiger partial charge in [-0.15, -0.1) is 0 Å². The molecule has 690 valence electrons. The molecule has 2 saturated heterocycles. The summed E-state index contributed by atoms with van der Waals surface area (Å²) in [5, 5.41) is 355. The molecule has 9 aromatic rings. The lowest BCUT2D eigenvalue weighted by molar-refractivity contribution is -0.341. The standard InChI is InChI=1S/C80H58O52/c81-20-1-12-31(51(98)42(20)89)33-14(3-22(83)44(91)53(33)100)72(112)127-63(66-65-41(80(120)69(109)49(96)27(88)9-123-80)40-39(78(118)129-65)38(58(105)60(107)59(40)106)37-17(74(114)130-66)6-25(86)47(94)56(37)103)29(10-121-70(12)110)125-77(117)19-7-26(87)48(95)61(108)62(19)124-28-8-18-36(57(104)50(28)97)32-13(2-21(82)43(90)52(32)99)71(111)122-11-30-64(128-76(18)116)67-68(79(119)126-30)132-75(115)16-5-24(85)46(93)55(102)35(16)34-15(73(113)131-67)4-23(84)45(92)54(34)101/h1-8,27,29-30,41,49,63-69,79,81-109,119-120H,9-11H2/t27-,29-,30+,41+,49+,63+,64+,65+,66-,67-,68+,69+,79-,80+/m0/s1. The van der Waals surface area contributed by atoms with E-state index in [0.29, 0.717) is 12.1 Å². The molecule has 16 rings (SSSR count). The normalized spacial score (nSPS) is 23.8. The van der Waals surface area contributed by atoms with Crippen molar-refractivity contribution in [3.8, 4) is 205 Å². The summed E-state index contributed by atoms with van der Waals surface area (Å²) in [7, 11) is 0. The molecule has 14 atom stereocenters. The van der Waals surface area contributed by atoms with Crippen molar-refractivity contribution < 1.29 is 258 Å². The van der Waals surface area contributed by atoms with Crippen molar-refractivity contribution in [1.29, 1.82) is 0 Å². The number of benzene rings is 9. The van der Waals surface area contributed by atoms with E-state index < -0.39 is 420 Å². The topological polar surface area (TPSA) is 892 Å². The summed E-state index contributed by atoms with van der Waals surface area (Å²) < 4.78 is 68.4. The molecular formula is C80H58O52. The highest BCUT2D eigenvalue weighted by atomic mass is 16.7. The molecule has 7 aliphatic rings. The van der Waals surface area contributed by atoms with E-state index in [9.17, 15) is 173 Å². The number of aromatic hydroxyl groups is 26. The lowest BCUT2D eigenvalue weighted by atomic mass is 9.71. The summed E-state index contributed by atoms with van der Waals surface area (Å²) in [6.07, 6.45) is -35.1. The Morgan fingerprint density at radius 2 is 0.652 bits per heavy atom. The van der Waals surface area contributed by atoms with Gasteiger partial charge in [0, 0.05) is 62.2 Å². The lowest BCUT2D eigenvalue weighted by Crippen LogP contribution is -2.68. The van der Waals surface area contributed by atoms with Gasteiger partial charge in [-0.25, -0.2) is 43.2 Å². The van der Waals surface area contributed by atoms with Crippen molar-refractivity contribution in [2.24, 2.45) is 0 Å². The Hall–Kier alpha value is -17.5. The highest BCUT2D eigenvalue weighted by Gasteiger charge is 2.65. The summed E-state index contributed by atoms with van der Waals surface area (Å²) in [6.45, 7) is -4.92. The summed E-state index contributed by atoms with van der Waals surface area (Å²) in [5.74, 6) is -74.0. The second-order valence-electron chi connectivity index (χ2n) is 29.8. The number of hydrogen-bond donors (Lipinski definition) is 31. The molecule has 52 heteroatoms. The fourth-order valence-corrected chi connectivity index (χ4v) is 16.1. The summed E-state index contributed by atoms with van der Waals surface area (Å²) >= 11 is 0. The van der Waals surface area contributed by atoms with Crippen LogP contribution in [0.4, 0.5) is 0 Å². The Morgan fingerprint density at radius 1 is 0.318 bits per heavy atom. The first-order chi connectivity index (χ1) is 62.0. The zero-order valence-electron chi connectivity index (χ0n) is 64.7. The third-order valence-electron chi connectivity index (χ3n) is 22.4. The maximum atomic E-state index is 15.9. The molecule has 0 saturated carbocycles. The van der Waals surface area contributed by atoms with Crippen LogP contribution in [0.25, 0.3) is 44.5 Å². The second-order valence-corrected chi connectivity index (χ2v) is 29.8. The molecule has 0 amide bonds. The first kappa shape index (κ1) is 88.0. The van der Waals surface area contributed by atoms with Crippen LogP contribution in [0.3, 0.4) is 0 Å². The van der Waals surface area contributed by atoms with Gasteiger partial charge in [-0.2, -0.15) is 0 Å². The van der Waals surface area contributed by atoms with Gasteiger partial charge < -0.3 is 215 Å². The molecule has 9 aromatic carbocycles. The number of carbonyl (C=O) groups excluding carboxylic acids is 9. The number of aliphatic hydroxyl groups is 5. The van der Waals surface area contributed by atoms with E-state index >= 15 is 28.8 Å². The van der Waals surface area contributed by atoms with Crippen molar-refractivity contribution in [2.45, 2.75) is 85.1 Å². The van der Waals surface area contributed by atoms with Gasteiger partial charge in [-0.3, -0.25) is 0 Å². The van der Waals surface area contributed by atoms with E-state index in [-0.39, 0.29) is 36.4 Å². The maximum Gasteiger partial charge on any atom is 0.342 e. The van der Waals surface area contributed by atoms with Crippen LogP contribution >= 0.6 is 0 Å². The Labute approximate surface area is 724 Å². The molecule has 0 radical (unpaired) electrons. The van der Waals surface area contributed by atoms with Gasteiger partial charge in [0.15, 0.2) is 153 Å². The average molecular weight is 1850 g/mol. The van der Waals surface area contributed by atoms with E-state index in [0.717, 1.165) is 0 Å². The monoisotopic (exact) mass is 1850 g/mol. The van der Waals surface area contributed by atoms with Crippen molar-refractivity contribution in [3.63, 3.8) is 0 Å². The van der Waals surface area contributed by atoms with Crippen LogP contribution in [-0.2, 0) is 52.1 Å². The van der Waals surface area contributed by atoms with Gasteiger partial charge in [0.05, 0.1) is 57.0 Å². The van der Waals surface area contributed by atoms with Crippen molar-refractivity contribution in [2.75, 3.05) is 19.8 Å². The van der Waals surface area contributed by atoms with E-state index in [1.807, 2.05) is 0 Å². The number of rotatable bonds is 6. The summed E-state index contributed by atoms with van der Waals surface area (Å²) in [6, 6.07) is 1.42. The van der Waals surface area contributed by atoms with E-state index in [1.54, 1.807) is 0 Å². The number of esters is 9. The third-order valence-corrected chi connectivity index (χ3v) is 22.4. The molecular weight excluding hydrogens is 1790 g/mol. The van der Waals surface area contributed by atoms with Gasteiger partial charge in [0.2, 0.25) is 63.3 Å². The van der Waals surface area contributed by atoms with Gasteiger partial charge in [0.25, 0.3) is 0 Å². The minimum atomic E-state index is -4.01. The van der Waals surface area contributed by atoms with Crippen LogP contribution in [0.2, 0.25) is 0 Å². The molecule has 7 aliphatic heterocycles. The minimum absolute atomic E-state index is 0.0122. The lowest BCUT2D eigenvalue weighted by Gasteiger charge is -2.51. The van der Waals surface area contributed by atoms with Gasteiger partial charge in [-0.1, -0.05) is 0 Å². The second kappa shape index (κ2) is 30.9. The Kier molecular flexibility index (Phi) is 20.6. The molecule has 0 aromatic heterocycles. The van der Waals surface area contributed by atoms with Gasteiger partial charge in [0.1, 0.15) is 43.2 Å². The number of phenolic OH excluding ortho intramolecular Hbond substituents is 26. The Balaban J connectivity index is 0.887. The number of ether oxygens (including phenoxy) is 12. The van der Waals surface area contributed by atoms with Crippen molar-refractivity contribution in [3.05, 3.63) is 104 Å². The number of hydrogen-bond acceptors (Lipinski definition) is 52. The zero-order chi connectivity index (χ0) is 96.0. The Bertz CT molecular complexity index is 6690. The van der Waals surface area contributed by atoms with E-state index in [1.165, 1.54) is 0 Å². The van der Waals surface area contributed by atoms with Crippen LogP contribution in [0.1, 0.15) is 105 Å². The number of aliphatic hydroxyl groups excluding tert-OH is 4. The molecule has 7 heterocycles. The van der Waals surface area contributed by atoms with Crippen LogP contribution in [0.5, 0.6) is 161 Å². The number of phenols is 26. The third kappa shape index (κ3) is 13.1. The predicted octanol–water partition coefficient (Wildman–Crippen LogP) is 0.255. The van der Waals surface area contributed by atoms with Crippen LogP contribution in [0.15, 0.2) is 48.5 Å². The first-order valence-corrected chi connectivity index (χ1v) is 37.1. The molecule has 0 unspecified atom stereocenters. The van der Waals surface area contributed by atoms with Gasteiger partial charge in [-0.05, 0) is 36.4 Å². The summed E-state index contributed by atoms with van der Waals surface area (Å²) in [4.78, 5) is 137. The number of cyclic esters (lactones) is 4. The average Bonchev–Trinajstić information content (AvgIpc) is 0.696. The predicted molar refractivity (Wildman–Crippen MR) is 405 cm³/mol. The SMILES string of the molecule is O=C(O[C@H]1COC(=O)c2cc(O)c(O)c(O)c2-c2c(cc(O)c(O)c2O)C(=O)O[C@H]1[C@@H]1OC(=O)c2cc(O)c(O)c(O)c2-c2c(O)c(O)c(O)c3c2C(=O)O[C@@H]1[C@@H]3[C@@]1(O)OC[C@H](O)[C@@H](O)[C@H]1O)c1cc(O)c(O)c(O)c1Oc1cc2c(c(O)c1O)-c1c(cc(O)c(O)c1O)C(=O)OC[C@H]1O[C@H](O)[C@@H]3OC(=O)c4cc(O)c(O)c(O)c4-c4c(cc(O)c(O)c4O)C(=O)O[C@H]3[C@@H]1OC2=O.